The summed E-state index contributed by atoms with van der Waals surface area (Å²) in [6.07, 6.45) is 1.58. The van der Waals surface area contributed by atoms with Crippen molar-refractivity contribution < 1.29 is 5.11 Å². The highest BCUT2D eigenvalue weighted by molar-refractivity contribution is 5.59. The van der Waals surface area contributed by atoms with Gasteiger partial charge in [-0.2, -0.15) is 0 Å². The van der Waals surface area contributed by atoms with Gasteiger partial charge in [0.25, 0.3) is 0 Å². The Balaban J connectivity index is 3.22. The van der Waals surface area contributed by atoms with Gasteiger partial charge in [0.05, 0.1) is 0 Å². The molecule has 1 rings (SSSR count). The normalized spacial score (nSPS) is 9.09. The first kappa shape index (κ1) is 7.47. The van der Waals surface area contributed by atoms with Crippen LogP contribution >= 0.6 is 0 Å². The van der Waals surface area contributed by atoms with E-state index in [4.69, 9.17) is 5.11 Å². The van der Waals surface area contributed by atoms with Crippen LogP contribution in [0.4, 0.5) is 5.69 Å². The fourth-order valence-electron chi connectivity index (χ4n) is 0.741. The Kier molecular flexibility index (Phi) is 2.01. The molecule has 0 radical (unpaired) electrons. The molecule has 0 aliphatic rings. The molecule has 0 saturated heterocycles. The molecule has 11 heavy (non-hydrogen) atoms. The molecular weight excluding hydrogens is 142 g/mol. The van der Waals surface area contributed by atoms with E-state index in [2.05, 4.69) is 11.8 Å². The van der Waals surface area contributed by atoms with E-state index >= 15 is 0 Å². The Labute approximate surface area is 64.0 Å². The molecule has 0 bridgehead atoms. The highest BCUT2D eigenvalue weighted by atomic mass is 16.3. The average Bonchev–Trinajstić information content (AvgIpc) is 2.05. The summed E-state index contributed by atoms with van der Waals surface area (Å²) in [4.78, 5) is 10.1. The third kappa shape index (κ3) is 1.43. The summed E-state index contributed by atoms with van der Waals surface area (Å²) in [6, 6.07) is 4.53. The molecule has 3 heteroatoms. The number of hydrogen-bond donors (Lipinski definition) is 1. The molecule has 0 spiro atoms. The summed E-state index contributed by atoms with van der Waals surface area (Å²) in [6.45, 7) is 3.51. The minimum Gasteiger partial charge on any atom is -0.506 e. The Hall–Kier alpha value is -1.64. The molecule has 0 heterocycles. The zero-order chi connectivity index (χ0) is 8.27. The highest BCUT2D eigenvalue weighted by Gasteiger charge is 1.99. The third-order valence-electron chi connectivity index (χ3n) is 1.33. The Bertz CT molecular complexity index is 294. The summed E-state index contributed by atoms with van der Waals surface area (Å²) in [5, 5.41) is 11.6. The Morgan fingerprint density at radius 2 is 2.27 bits per heavy atom. The van der Waals surface area contributed by atoms with E-state index in [1.54, 1.807) is 12.1 Å². The second-order valence-corrected chi connectivity index (χ2v) is 2.04. The number of nitroso groups, excluding NO2 is 1. The molecule has 0 atom stereocenters. The number of aromatic hydroxyl groups is 1. The molecule has 0 saturated carbocycles. The van der Waals surface area contributed by atoms with E-state index in [0.717, 1.165) is 5.56 Å². The second kappa shape index (κ2) is 2.96. The van der Waals surface area contributed by atoms with E-state index in [1.807, 2.05) is 0 Å². The topological polar surface area (TPSA) is 49.7 Å². The van der Waals surface area contributed by atoms with Gasteiger partial charge in [0.2, 0.25) is 0 Å². The first-order chi connectivity index (χ1) is 5.27. The zero-order valence-corrected chi connectivity index (χ0v) is 5.82. The summed E-state index contributed by atoms with van der Waals surface area (Å²) in [5.41, 5.74) is 0.805. The minimum absolute atomic E-state index is 0.0439. The van der Waals surface area contributed by atoms with E-state index in [9.17, 15) is 4.91 Å². The van der Waals surface area contributed by atoms with Crippen LogP contribution in [0, 0.1) is 4.91 Å². The lowest BCUT2D eigenvalue weighted by Crippen LogP contribution is -1.71. The maximum absolute atomic E-state index is 10.1. The lowest BCUT2D eigenvalue weighted by Gasteiger charge is -1.95. The summed E-state index contributed by atoms with van der Waals surface area (Å²) in [5.74, 6) is -0.106. The van der Waals surface area contributed by atoms with Crippen LogP contribution in [0.1, 0.15) is 5.56 Å². The van der Waals surface area contributed by atoms with Crippen LogP contribution in [0.15, 0.2) is 30.0 Å². The van der Waals surface area contributed by atoms with Crippen molar-refractivity contribution >= 4 is 11.8 Å². The molecule has 1 N–H and O–H groups in total. The molecule has 0 unspecified atom stereocenters. The van der Waals surface area contributed by atoms with Crippen molar-refractivity contribution in [3.63, 3.8) is 0 Å². The van der Waals surface area contributed by atoms with E-state index < -0.39 is 0 Å². The van der Waals surface area contributed by atoms with Gasteiger partial charge in [-0.3, -0.25) is 0 Å². The van der Waals surface area contributed by atoms with Crippen molar-refractivity contribution in [1.82, 2.24) is 0 Å². The van der Waals surface area contributed by atoms with Crippen LogP contribution in [0.5, 0.6) is 5.75 Å². The fraction of sp³-hybridized carbons (Fsp3) is 0. The number of benzene rings is 1. The molecule has 1 aromatic carbocycles. The molecule has 0 fully saturated rings. The van der Waals surface area contributed by atoms with Gasteiger partial charge in [0.1, 0.15) is 11.4 Å². The van der Waals surface area contributed by atoms with Crippen molar-refractivity contribution in [2.45, 2.75) is 0 Å². The van der Waals surface area contributed by atoms with E-state index in [0.29, 0.717) is 0 Å². The van der Waals surface area contributed by atoms with Crippen LogP contribution in [-0.2, 0) is 0 Å². The third-order valence-corrected chi connectivity index (χ3v) is 1.33. The van der Waals surface area contributed by atoms with Gasteiger partial charge in [-0.15, -0.1) is 4.91 Å². The SMILES string of the molecule is C=Cc1ccc(O)c(N=O)c1. The molecule has 0 aromatic heterocycles. The zero-order valence-electron chi connectivity index (χ0n) is 5.82. The van der Waals surface area contributed by atoms with Gasteiger partial charge in [-0.25, -0.2) is 0 Å². The predicted octanol–water partition coefficient (Wildman–Crippen LogP) is 2.43. The first-order valence-electron chi connectivity index (χ1n) is 3.06. The van der Waals surface area contributed by atoms with Crippen molar-refractivity contribution in [3.8, 4) is 5.75 Å². The number of nitrogens with zero attached hydrogens (tertiary/aromatic N) is 1. The second-order valence-electron chi connectivity index (χ2n) is 2.04. The molecule has 0 aliphatic carbocycles. The molecule has 0 aliphatic heterocycles. The Morgan fingerprint density at radius 1 is 1.55 bits per heavy atom. The predicted molar refractivity (Wildman–Crippen MR) is 43.7 cm³/mol. The lowest BCUT2D eigenvalue weighted by molar-refractivity contribution is 0.477. The van der Waals surface area contributed by atoms with Crippen molar-refractivity contribution in [2.24, 2.45) is 5.18 Å². The van der Waals surface area contributed by atoms with Gasteiger partial charge < -0.3 is 5.11 Å². The van der Waals surface area contributed by atoms with Gasteiger partial charge >= 0.3 is 0 Å². The quantitative estimate of drug-likeness (QED) is 0.656. The maximum atomic E-state index is 10.1. The average molecular weight is 149 g/mol. The minimum atomic E-state index is -0.106. The fourth-order valence-corrected chi connectivity index (χ4v) is 0.741. The maximum Gasteiger partial charge on any atom is 0.150 e. The smallest absolute Gasteiger partial charge is 0.150 e. The van der Waals surface area contributed by atoms with Gasteiger partial charge in [-0.05, 0) is 22.9 Å². The summed E-state index contributed by atoms with van der Waals surface area (Å²) < 4.78 is 0. The van der Waals surface area contributed by atoms with E-state index in [-0.39, 0.29) is 11.4 Å². The van der Waals surface area contributed by atoms with Crippen LogP contribution in [0.3, 0.4) is 0 Å². The van der Waals surface area contributed by atoms with Crippen LogP contribution < -0.4 is 0 Å². The monoisotopic (exact) mass is 149 g/mol. The summed E-state index contributed by atoms with van der Waals surface area (Å²) >= 11 is 0. The van der Waals surface area contributed by atoms with Crippen molar-refractivity contribution in [1.29, 1.82) is 0 Å². The number of phenolic OH excluding ortho intramolecular Hbond substituents is 1. The van der Waals surface area contributed by atoms with E-state index in [1.165, 1.54) is 12.1 Å². The Morgan fingerprint density at radius 3 is 2.82 bits per heavy atom. The van der Waals surface area contributed by atoms with Crippen molar-refractivity contribution in [2.75, 3.05) is 0 Å². The largest absolute Gasteiger partial charge is 0.506 e. The van der Waals surface area contributed by atoms with Gasteiger partial charge in [-0.1, -0.05) is 18.7 Å². The van der Waals surface area contributed by atoms with Crippen LogP contribution in [0.25, 0.3) is 6.08 Å². The molecule has 0 amide bonds. The van der Waals surface area contributed by atoms with Crippen molar-refractivity contribution in [3.05, 3.63) is 35.2 Å². The molecule has 1 aromatic rings. The number of rotatable bonds is 2. The van der Waals surface area contributed by atoms with Gasteiger partial charge in [0.15, 0.2) is 0 Å². The summed E-state index contributed by atoms with van der Waals surface area (Å²) in [7, 11) is 0. The van der Waals surface area contributed by atoms with Crippen LogP contribution in [-0.4, -0.2) is 5.11 Å². The number of hydrogen-bond acceptors (Lipinski definition) is 3. The first-order valence-corrected chi connectivity index (χ1v) is 3.06. The molecular formula is C8H7NO2. The van der Waals surface area contributed by atoms with Crippen LogP contribution in [0.2, 0.25) is 0 Å². The standard InChI is InChI=1S/C8H7NO2/c1-2-6-3-4-8(10)7(5-6)9-11/h2-5,10H,1H2. The molecule has 3 nitrogen and oxygen atoms in total. The number of phenols is 1. The highest BCUT2D eigenvalue weighted by Crippen LogP contribution is 2.26. The van der Waals surface area contributed by atoms with Gasteiger partial charge in [0, 0.05) is 0 Å². The lowest BCUT2D eigenvalue weighted by atomic mass is 10.2. The molecule has 56 valence electrons.